The molecule has 0 bridgehead atoms. The molecule has 0 aliphatic carbocycles. The molecule has 156 valence electrons. The summed E-state index contributed by atoms with van der Waals surface area (Å²) >= 11 is -0.991. The number of benzene rings is 2. The first-order valence-electron chi connectivity index (χ1n) is 9.64. The molecule has 0 aromatic heterocycles. The Kier molecular flexibility index (Phi) is 7.41. The van der Waals surface area contributed by atoms with Crippen molar-refractivity contribution in [3.05, 3.63) is 48.0 Å². The molecule has 6 nitrogen and oxygen atoms in total. The van der Waals surface area contributed by atoms with Crippen molar-refractivity contribution in [1.82, 2.24) is 4.90 Å². The lowest BCUT2D eigenvalue weighted by atomic mass is 9.98. The second-order valence-electron chi connectivity index (χ2n) is 7.26. The third-order valence-corrected chi connectivity index (χ3v) is 6.18. The van der Waals surface area contributed by atoms with Crippen molar-refractivity contribution >= 4 is 17.3 Å². The van der Waals surface area contributed by atoms with Crippen LogP contribution in [0.5, 0.6) is 5.75 Å². The normalized spacial score (nSPS) is 15.9. The van der Waals surface area contributed by atoms with Crippen molar-refractivity contribution < 1.29 is 23.9 Å². The predicted octanol–water partition coefficient (Wildman–Crippen LogP) is 4.01. The third kappa shape index (κ3) is 5.65. The molecule has 0 saturated carbocycles. The van der Waals surface area contributed by atoms with Crippen LogP contribution in [0, 0.1) is 5.92 Å². The van der Waals surface area contributed by atoms with Crippen LogP contribution in [0.25, 0.3) is 11.1 Å². The fraction of sp³-hybridized carbons (Fsp3) is 0.409. The number of methoxy groups -OCH3 is 1. The smallest absolute Gasteiger partial charge is 0.407 e. The van der Waals surface area contributed by atoms with E-state index in [1.807, 2.05) is 36.4 Å². The maximum absolute atomic E-state index is 11.6. The summed E-state index contributed by atoms with van der Waals surface area (Å²) in [5, 5.41) is 9.06. The quantitative estimate of drug-likeness (QED) is 0.689. The second kappa shape index (κ2) is 10.0. The van der Waals surface area contributed by atoms with Crippen LogP contribution in [-0.4, -0.2) is 53.7 Å². The Hall–Kier alpha value is -2.22. The summed E-state index contributed by atoms with van der Waals surface area (Å²) in [6.07, 6.45) is 2.45. The molecular weight excluding hydrogens is 390 g/mol. The lowest BCUT2D eigenvalue weighted by molar-refractivity contribution is 0.110. The predicted molar refractivity (Wildman–Crippen MR) is 113 cm³/mol. The highest BCUT2D eigenvalue weighted by Crippen LogP contribution is 2.29. The summed E-state index contributed by atoms with van der Waals surface area (Å²) in [7, 11) is 1.66. The van der Waals surface area contributed by atoms with Gasteiger partial charge in [0, 0.05) is 25.8 Å². The Morgan fingerprint density at radius 2 is 1.83 bits per heavy atom. The van der Waals surface area contributed by atoms with Gasteiger partial charge in [0.15, 0.2) is 4.90 Å². The summed E-state index contributed by atoms with van der Waals surface area (Å²) < 4.78 is 23.0. The minimum Gasteiger partial charge on any atom is -0.612 e. The fourth-order valence-electron chi connectivity index (χ4n) is 3.51. The molecule has 1 aliphatic rings. The van der Waals surface area contributed by atoms with Crippen LogP contribution < -0.4 is 4.74 Å². The molecule has 7 heteroatoms. The zero-order valence-electron chi connectivity index (χ0n) is 16.8. The van der Waals surface area contributed by atoms with E-state index in [0.29, 0.717) is 32.2 Å². The van der Waals surface area contributed by atoms with Crippen molar-refractivity contribution in [2.75, 3.05) is 33.1 Å². The second-order valence-corrected chi connectivity index (χ2v) is 8.64. The molecule has 2 aromatic rings. The lowest BCUT2D eigenvalue weighted by Gasteiger charge is -2.30. The van der Waals surface area contributed by atoms with E-state index in [2.05, 4.69) is 6.07 Å². The molecule has 0 radical (unpaired) electrons. The molecule has 1 fully saturated rings. The highest BCUT2D eigenvalue weighted by atomic mass is 32.2. The van der Waals surface area contributed by atoms with Crippen molar-refractivity contribution in [1.29, 1.82) is 0 Å². The molecule has 29 heavy (non-hydrogen) atoms. The maximum atomic E-state index is 11.6. The topological polar surface area (TPSA) is 82.1 Å². The number of carboxylic acid groups (broad SMARTS) is 1. The minimum absolute atomic E-state index is 0.350. The van der Waals surface area contributed by atoms with Crippen LogP contribution in [-0.2, 0) is 22.5 Å². The van der Waals surface area contributed by atoms with Gasteiger partial charge >= 0.3 is 6.09 Å². The number of amides is 1. The summed E-state index contributed by atoms with van der Waals surface area (Å²) in [6.45, 7) is 2.13. The van der Waals surface area contributed by atoms with Crippen LogP contribution in [0.15, 0.2) is 47.4 Å². The van der Waals surface area contributed by atoms with Gasteiger partial charge in [0.1, 0.15) is 12.0 Å². The van der Waals surface area contributed by atoms with Crippen molar-refractivity contribution in [3.63, 3.8) is 0 Å². The van der Waals surface area contributed by atoms with Gasteiger partial charge in [-0.15, -0.1) is 0 Å². The van der Waals surface area contributed by atoms with E-state index in [0.717, 1.165) is 40.2 Å². The number of ether oxygens (including phenoxy) is 2. The first-order chi connectivity index (χ1) is 14.0. The molecule has 1 atom stereocenters. The van der Waals surface area contributed by atoms with E-state index >= 15 is 0 Å². The van der Waals surface area contributed by atoms with E-state index in [9.17, 15) is 9.35 Å². The van der Waals surface area contributed by atoms with E-state index in [1.165, 1.54) is 4.90 Å². The largest absolute Gasteiger partial charge is 0.612 e. The van der Waals surface area contributed by atoms with Gasteiger partial charge in [0.05, 0.1) is 13.2 Å². The SMILES string of the molecule is COCc1cc(-c2ccc([S+](C)[O-])cc2)ccc1OCC1CCN(C(=O)O)CC1. The average Bonchev–Trinajstić information content (AvgIpc) is 2.73. The number of likely N-dealkylation sites (tertiary alicyclic amines) is 1. The van der Waals surface area contributed by atoms with E-state index in [-0.39, 0.29) is 0 Å². The minimum atomic E-state index is -0.991. The number of hydrogen-bond donors (Lipinski definition) is 1. The number of nitrogens with zero attached hydrogens (tertiary/aromatic N) is 1. The molecule has 1 N–H and O–H groups in total. The first kappa shape index (κ1) is 21.5. The van der Waals surface area contributed by atoms with Crippen molar-refractivity contribution in [2.45, 2.75) is 24.3 Å². The molecule has 3 rings (SSSR count). The van der Waals surface area contributed by atoms with Crippen LogP contribution in [0.4, 0.5) is 4.79 Å². The maximum Gasteiger partial charge on any atom is 0.407 e. The highest BCUT2D eigenvalue weighted by molar-refractivity contribution is 7.90. The monoisotopic (exact) mass is 417 g/mol. The molecule has 1 aliphatic heterocycles. The standard InChI is InChI=1S/C22H27NO5S/c1-27-15-19-13-18(17-3-6-20(7-4-17)29(2)26)5-8-21(19)28-14-16-9-11-23(12-10-16)22(24)25/h3-8,13,16H,9-12,14-15H2,1-2H3,(H,24,25). The van der Waals surface area contributed by atoms with Gasteiger partial charge in [-0.3, -0.25) is 0 Å². The number of carbonyl (C=O) groups is 1. The zero-order chi connectivity index (χ0) is 20.8. The van der Waals surface area contributed by atoms with Crippen LogP contribution >= 0.6 is 0 Å². The molecule has 2 aromatic carbocycles. The molecular formula is C22H27NO5S. The highest BCUT2D eigenvalue weighted by Gasteiger charge is 2.23. The Balaban J connectivity index is 1.67. The molecule has 0 spiro atoms. The summed E-state index contributed by atoms with van der Waals surface area (Å²) in [6, 6.07) is 13.7. The van der Waals surface area contributed by atoms with Crippen molar-refractivity contribution in [2.24, 2.45) is 5.92 Å². The van der Waals surface area contributed by atoms with Gasteiger partial charge in [0.25, 0.3) is 0 Å². The van der Waals surface area contributed by atoms with Crippen LogP contribution in [0.3, 0.4) is 0 Å². The lowest BCUT2D eigenvalue weighted by Crippen LogP contribution is -2.38. The van der Waals surface area contributed by atoms with Gasteiger partial charge in [-0.2, -0.15) is 0 Å². The Labute approximate surface area is 174 Å². The zero-order valence-corrected chi connectivity index (χ0v) is 17.6. The molecule has 1 heterocycles. The summed E-state index contributed by atoms with van der Waals surface area (Å²) in [4.78, 5) is 13.3. The number of hydrogen-bond acceptors (Lipinski definition) is 4. The van der Waals surface area contributed by atoms with E-state index in [4.69, 9.17) is 14.6 Å². The Morgan fingerprint density at radius 1 is 1.17 bits per heavy atom. The van der Waals surface area contributed by atoms with E-state index < -0.39 is 17.3 Å². The average molecular weight is 418 g/mol. The van der Waals surface area contributed by atoms with Gasteiger partial charge < -0.3 is 24.0 Å². The number of rotatable bonds is 7. The van der Waals surface area contributed by atoms with Crippen molar-refractivity contribution in [3.8, 4) is 16.9 Å². The molecule has 1 unspecified atom stereocenters. The van der Waals surface area contributed by atoms with Crippen LogP contribution in [0.1, 0.15) is 18.4 Å². The van der Waals surface area contributed by atoms with Crippen LogP contribution in [0.2, 0.25) is 0 Å². The Bertz CT molecular complexity index is 816. The van der Waals surface area contributed by atoms with Gasteiger partial charge in [-0.1, -0.05) is 6.07 Å². The Morgan fingerprint density at radius 3 is 2.41 bits per heavy atom. The van der Waals surface area contributed by atoms with Gasteiger partial charge in [0.2, 0.25) is 0 Å². The first-order valence-corrected chi connectivity index (χ1v) is 11.2. The van der Waals surface area contributed by atoms with Gasteiger partial charge in [-0.25, -0.2) is 4.79 Å². The number of piperidine rings is 1. The molecule has 1 amide bonds. The van der Waals surface area contributed by atoms with E-state index in [1.54, 1.807) is 13.4 Å². The van der Waals surface area contributed by atoms with Gasteiger partial charge in [-0.05, 0) is 77.5 Å². The summed E-state index contributed by atoms with van der Waals surface area (Å²) in [5.41, 5.74) is 3.06. The molecule has 1 saturated heterocycles. The summed E-state index contributed by atoms with van der Waals surface area (Å²) in [5.74, 6) is 1.14. The fourth-order valence-corrected chi connectivity index (χ4v) is 4.03. The third-order valence-electron chi connectivity index (χ3n) is 5.24.